The molecule has 4 heteroatoms. The lowest BCUT2D eigenvalue weighted by Crippen LogP contribution is -2.39. The summed E-state index contributed by atoms with van der Waals surface area (Å²) in [5.41, 5.74) is 0.380. The second-order valence-electron chi connectivity index (χ2n) is 5.14. The van der Waals surface area contributed by atoms with Crippen molar-refractivity contribution in [1.82, 2.24) is 4.90 Å². The highest BCUT2D eigenvalue weighted by molar-refractivity contribution is 5.69. The molecule has 2 rings (SSSR count). The Labute approximate surface area is 96.6 Å². The molecule has 1 N–H and O–H groups in total. The first-order chi connectivity index (χ1) is 7.66. The van der Waals surface area contributed by atoms with Gasteiger partial charge in [0, 0.05) is 25.6 Å². The van der Waals surface area contributed by atoms with Crippen molar-refractivity contribution in [2.75, 3.05) is 32.8 Å². The summed E-state index contributed by atoms with van der Waals surface area (Å²) < 4.78 is 5.53. The fourth-order valence-corrected chi connectivity index (χ4v) is 3.14. The van der Waals surface area contributed by atoms with Crippen LogP contribution in [0.1, 0.15) is 26.2 Å². The molecule has 0 amide bonds. The van der Waals surface area contributed by atoms with Crippen molar-refractivity contribution < 1.29 is 14.6 Å². The fraction of sp³-hybridized carbons (Fsp3) is 0.917. The summed E-state index contributed by atoms with van der Waals surface area (Å²) in [5, 5.41) is 8.82. The van der Waals surface area contributed by atoms with E-state index in [0.717, 1.165) is 26.3 Å². The molecule has 2 fully saturated rings. The van der Waals surface area contributed by atoms with Gasteiger partial charge in [-0.05, 0) is 25.2 Å². The Morgan fingerprint density at radius 2 is 2.31 bits per heavy atom. The molecule has 92 valence electrons. The van der Waals surface area contributed by atoms with Gasteiger partial charge in [0.25, 0.3) is 0 Å². The maximum absolute atomic E-state index is 10.7. The molecule has 1 heterocycles. The van der Waals surface area contributed by atoms with E-state index < -0.39 is 5.97 Å². The van der Waals surface area contributed by atoms with E-state index in [1.54, 1.807) is 0 Å². The first-order valence-electron chi connectivity index (χ1n) is 6.18. The Morgan fingerprint density at radius 3 is 2.81 bits per heavy atom. The Balaban J connectivity index is 1.92. The van der Waals surface area contributed by atoms with E-state index >= 15 is 0 Å². The maximum atomic E-state index is 10.7. The van der Waals surface area contributed by atoms with Crippen molar-refractivity contribution >= 4 is 5.97 Å². The summed E-state index contributed by atoms with van der Waals surface area (Å²) >= 11 is 0. The third kappa shape index (κ3) is 2.23. The molecule has 0 radical (unpaired) electrons. The number of carboxylic acid groups (broad SMARTS) is 1. The number of carboxylic acids is 1. The van der Waals surface area contributed by atoms with E-state index in [4.69, 9.17) is 9.84 Å². The summed E-state index contributed by atoms with van der Waals surface area (Å²) in [7, 11) is 0. The molecule has 0 bridgehead atoms. The van der Waals surface area contributed by atoms with Crippen LogP contribution in [0.2, 0.25) is 0 Å². The highest BCUT2D eigenvalue weighted by Gasteiger charge is 2.50. The highest BCUT2D eigenvalue weighted by atomic mass is 16.5. The number of ether oxygens (including phenoxy) is 1. The van der Waals surface area contributed by atoms with E-state index in [1.807, 2.05) is 6.92 Å². The molecule has 1 saturated carbocycles. The second kappa shape index (κ2) is 4.72. The van der Waals surface area contributed by atoms with Crippen LogP contribution in [0.25, 0.3) is 0 Å². The van der Waals surface area contributed by atoms with Crippen LogP contribution in [0.15, 0.2) is 0 Å². The van der Waals surface area contributed by atoms with Gasteiger partial charge in [-0.1, -0.05) is 6.42 Å². The van der Waals surface area contributed by atoms with Crippen molar-refractivity contribution in [3.8, 4) is 0 Å². The minimum absolute atomic E-state index is 0.185. The monoisotopic (exact) mass is 227 g/mol. The Kier molecular flexibility index (Phi) is 3.50. The molecule has 1 atom stereocenters. The topological polar surface area (TPSA) is 49.8 Å². The smallest absolute Gasteiger partial charge is 0.317 e. The van der Waals surface area contributed by atoms with Gasteiger partial charge >= 0.3 is 5.97 Å². The van der Waals surface area contributed by atoms with E-state index in [-0.39, 0.29) is 6.54 Å². The average molecular weight is 227 g/mol. The average Bonchev–Trinajstić information content (AvgIpc) is 2.52. The standard InChI is InChI=1S/C12H21NO3/c1-2-16-8-10-6-13(7-11(14)15)9-12(10)4-3-5-12/h10H,2-9H2,1H3,(H,14,15). The predicted molar refractivity (Wildman–Crippen MR) is 60.3 cm³/mol. The second-order valence-corrected chi connectivity index (χ2v) is 5.14. The lowest BCUT2D eigenvalue weighted by atomic mass is 9.63. The van der Waals surface area contributed by atoms with Crippen LogP contribution in [0, 0.1) is 11.3 Å². The molecule has 1 spiro atoms. The zero-order valence-electron chi connectivity index (χ0n) is 9.95. The lowest BCUT2D eigenvalue weighted by molar-refractivity contribution is -0.138. The number of likely N-dealkylation sites (tertiary alicyclic amines) is 1. The van der Waals surface area contributed by atoms with Crippen molar-refractivity contribution in [2.45, 2.75) is 26.2 Å². The first-order valence-corrected chi connectivity index (χ1v) is 6.18. The largest absolute Gasteiger partial charge is 0.480 e. The molecule has 2 aliphatic rings. The molecule has 1 aliphatic heterocycles. The van der Waals surface area contributed by atoms with Crippen molar-refractivity contribution in [3.05, 3.63) is 0 Å². The Hall–Kier alpha value is -0.610. The zero-order valence-corrected chi connectivity index (χ0v) is 9.95. The quantitative estimate of drug-likeness (QED) is 0.767. The molecule has 0 aromatic carbocycles. The summed E-state index contributed by atoms with van der Waals surface area (Å²) in [6.45, 7) is 5.60. The summed E-state index contributed by atoms with van der Waals surface area (Å²) in [6, 6.07) is 0. The van der Waals surface area contributed by atoms with Gasteiger partial charge in [0.15, 0.2) is 0 Å². The van der Waals surface area contributed by atoms with Gasteiger partial charge in [-0.2, -0.15) is 0 Å². The molecule has 4 nitrogen and oxygen atoms in total. The number of rotatable bonds is 5. The van der Waals surface area contributed by atoms with Crippen LogP contribution < -0.4 is 0 Å². The Bertz CT molecular complexity index is 263. The molecular formula is C12H21NO3. The number of hydrogen-bond donors (Lipinski definition) is 1. The number of hydrogen-bond acceptors (Lipinski definition) is 3. The SMILES string of the molecule is CCOCC1CN(CC(=O)O)CC12CCC2. The van der Waals surface area contributed by atoms with Crippen LogP contribution >= 0.6 is 0 Å². The molecule has 0 aromatic rings. The van der Waals surface area contributed by atoms with E-state index in [1.165, 1.54) is 19.3 Å². The number of carbonyl (C=O) groups is 1. The van der Waals surface area contributed by atoms with Gasteiger partial charge < -0.3 is 9.84 Å². The summed E-state index contributed by atoms with van der Waals surface area (Å²) in [4.78, 5) is 12.8. The molecule has 1 aliphatic carbocycles. The fourth-order valence-electron chi connectivity index (χ4n) is 3.14. The zero-order chi connectivity index (χ0) is 11.6. The molecule has 1 unspecified atom stereocenters. The van der Waals surface area contributed by atoms with Gasteiger partial charge in [0.1, 0.15) is 0 Å². The van der Waals surface area contributed by atoms with Crippen LogP contribution in [0.4, 0.5) is 0 Å². The molecule has 16 heavy (non-hydrogen) atoms. The third-order valence-electron chi connectivity index (χ3n) is 4.11. The first kappa shape index (κ1) is 11.9. The van der Waals surface area contributed by atoms with Crippen LogP contribution in [-0.2, 0) is 9.53 Å². The van der Waals surface area contributed by atoms with Crippen molar-refractivity contribution in [2.24, 2.45) is 11.3 Å². The predicted octanol–water partition coefficient (Wildman–Crippen LogP) is 1.21. The van der Waals surface area contributed by atoms with E-state index in [0.29, 0.717) is 11.3 Å². The van der Waals surface area contributed by atoms with Crippen molar-refractivity contribution in [3.63, 3.8) is 0 Å². The molecule has 0 aromatic heterocycles. The lowest BCUT2D eigenvalue weighted by Gasteiger charge is -2.42. The third-order valence-corrected chi connectivity index (χ3v) is 4.11. The van der Waals surface area contributed by atoms with Crippen LogP contribution in [0.3, 0.4) is 0 Å². The van der Waals surface area contributed by atoms with E-state index in [2.05, 4.69) is 4.90 Å². The number of aliphatic carboxylic acids is 1. The molecular weight excluding hydrogens is 206 g/mol. The maximum Gasteiger partial charge on any atom is 0.317 e. The minimum atomic E-state index is -0.716. The van der Waals surface area contributed by atoms with Gasteiger partial charge in [-0.3, -0.25) is 9.69 Å². The van der Waals surface area contributed by atoms with Gasteiger partial charge in [0.2, 0.25) is 0 Å². The summed E-state index contributed by atoms with van der Waals surface area (Å²) in [5.74, 6) is -0.174. The van der Waals surface area contributed by atoms with Crippen LogP contribution in [-0.4, -0.2) is 48.8 Å². The summed E-state index contributed by atoms with van der Waals surface area (Å²) in [6.07, 6.45) is 3.80. The Morgan fingerprint density at radius 1 is 1.56 bits per heavy atom. The highest BCUT2D eigenvalue weighted by Crippen LogP contribution is 2.51. The minimum Gasteiger partial charge on any atom is -0.480 e. The molecule has 1 saturated heterocycles. The van der Waals surface area contributed by atoms with Gasteiger partial charge in [0.05, 0.1) is 13.2 Å². The van der Waals surface area contributed by atoms with E-state index in [9.17, 15) is 4.79 Å². The van der Waals surface area contributed by atoms with Gasteiger partial charge in [-0.15, -0.1) is 0 Å². The van der Waals surface area contributed by atoms with Crippen LogP contribution in [0.5, 0.6) is 0 Å². The normalized spacial score (nSPS) is 28.2. The van der Waals surface area contributed by atoms with Crippen molar-refractivity contribution in [1.29, 1.82) is 0 Å². The van der Waals surface area contributed by atoms with Gasteiger partial charge in [-0.25, -0.2) is 0 Å². The number of nitrogens with zero attached hydrogens (tertiary/aromatic N) is 1.